The van der Waals surface area contributed by atoms with E-state index in [2.05, 4.69) is 34.5 Å². The number of benzene rings is 4. The molecule has 11 nitrogen and oxygen atoms in total. The van der Waals surface area contributed by atoms with Crippen molar-refractivity contribution in [1.29, 1.82) is 0 Å². The van der Waals surface area contributed by atoms with Crippen molar-refractivity contribution in [3.63, 3.8) is 0 Å². The Morgan fingerprint density at radius 3 is 2.45 bits per heavy atom. The fourth-order valence-electron chi connectivity index (χ4n) is 8.89. The first-order chi connectivity index (χ1) is 27.3. The zero-order valence-corrected chi connectivity index (χ0v) is 31.3. The Kier molecular flexibility index (Phi) is 9.39. The number of nitrogens with one attached hydrogen (secondary N) is 2. The summed E-state index contributed by atoms with van der Waals surface area (Å²) in [7, 11) is -0.726. The minimum atomic E-state index is -0.726. The molecule has 0 saturated carbocycles. The van der Waals surface area contributed by atoms with Gasteiger partial charge >= 0.3 is 7.05 Å². The van der Waals surface area contributed by atoms with E-state index in [1.165, 1.54) is 11.1 Å². The molecule has 4 aliphatic heterocycles. The molecule has 9 rings (SSSR count). The van der Waals surface area contributed by atoms with E-state index in [-0.39, 0.29) is 23.1 Å². The second-order valence-corrected chi connectivity index (χ2v) is 15.5. The molecule has 3 amide bonds. The van der Waals surface area contributed by atoms with Crippen molar-refractivity contribution in [1.82, 2.24) is 20.0 Å². The third-order valence-corrected chi connectivity index (χ3v) is 12.2. The van der Waals surface area contributed by atoms with Gasteiger partial charge in [0.15, 0.2) is 0 Å². The minimum Gasteiger partial charge on any atom is -0.537 e. The van der Waals surface area contributed by atoms with Crippen molar-refractivity contribution < 1.29 is 23.8 Å². The Bertz CT molecular complexity index is 2370. The number of nitrogens with two attached hydrogens (primary N) is 2. The highest BCUT2D eigenvalue weighted by molar-refractivity contribution is 6.69. The van der Waals surface area contributed by atoms with Crippen molar-refractivity contribution in [2.75, 3.05) is 32.8 Å². The van der Waals surface area contributed by atoms with Gasteiger partial charge in [-0.15, -0.1) is 0 Å². The molecule has 2 saturated heterocycles. The fourth-order valence-corrected chi connectivity index (χ4v) is 8.89. The van der Waals surface area contributed by atoms with Gasteiger partial charge in [0, 0.05) is 61.8 Å². The van der Waals surface area contributed by atoms with Gasteiger partial charge in [0.05, 0.1) is 12.2 Å². The van der Waals surface area contributed by atoms with Gasteiger partial charge in [-0.3, -0.25) is 14.4 Å². The van der Waals surface area contributed by atoms with E-state index in [1.807, 2.05) is 64.4 Å². The van der Waals surface area contributed by atoms with Gasteiger partial charge in [-0.05, 0) is 95.0 Å². The molecule has 5 heterocycles. The number of hydrogen-bond donors (Lipinski definition) is 4. The van der Waals surface area contributed by atoms with Crippen molar-refractivity contribution in [3.8, 4) is 11.5 Å². The molecule has 4 aromatic carbocycles. The number of aromatic nitrogens is 1. The molecule has 6 N–H and O–H groups in total. The summed E-state index contributed by atoms with van der Waals surface area (Å²) in [5.74, 6) is 1.36. The largest absolute Gasteiger partial charge is 0.537 e. The quantitative estimate of drug-likeness (QED) is 0.140. The molecule has 2 fully saturated rings. The lowest BCUT2D eigenvalue weighted by Crippen LogP contribution is -2.55. The number of H-pyrrole nitrogens is 1. The van der Waals surface area contributed by atoms with E-state index in [4.69, 9.17) is 20.9 Å². The summed E-state index contributed by atoms with van der Waals surface area (Å²) >= 11 is 0. The lowest BCUT2D eigenvalue weighted by molar-refractivity contribution is -0.126. The SMILES string of the molecule is NCc1cccc(C2CCN(C(=O)C=Cc3cccc4c3C(=O)NB(c3ccc5[nH]c(C(=O)N6CCC7(CC6)COc6ccc(CN)cc67)cc5c3)O4)CC2)c1. The maximum Gasteiger partial charge on any atom is 0.519 e. The Hall–Kier alpha value is -5.85. The highest BCUT2D eigenvalue weighted by Crippen LogP contribution is 2.46. The monoisotopic (exact) mass is 748 g/mol. The Morgan fingerprint density at radius 1 is 0.857 bits per heavy atom. The molecule has 56 heavy (non-hydrogen) atoms. The molecular formula is C44H45BN6O5. The van der Waals surface area contributed by atoms with E-state index in [1.54, 1.807) is 18.2 Å². The number of piperidine rings is 2. The second kappa shape index (κ2) is 14.7. The summed E-state index contributed by atoms with van der Waals surface area (Å²) in [5.41, 5.74) is 19.5. The molecule has 0 atom stereocenters. The number of aromatic amines is 1. The smallest absolute Gasteiger partial charge is 0.519 e. The van der Waals surface area contributed by atoms with Gasteiger partial charge in [-0.1, -0.05) is 60.7 Å². The van der Waals surface area contributed by atoms with Crippen molar-refractivity contribution in [2.24, 2.45) is 11.5 Å². The van der Waals surface area contributed by atoms with Gasteiger partial charge in [-0.25, -0.2) is 0 Å². The highest BCUT2D eigenvalue weighted by Gasteiger charge is 2.44. The average Bonchev–Trinajstić information content (AvgIpc) is 3.83. The lowest BCUT2D eigenvalue weighted by Gasteiger charge is -2.38. The van der Waals surface area contributed by atoms with E-state index >= 15 is 0 Å². The van der Waals surface area contributed by atoms with Gasteiger partial charge in [0.25, 0.3) is 5.91 Å². The normalized spacial score (nSPS) is 17.8. The zero-order valence-electron chi connectivity index (χ0n) is 31.3. The summed E-state index contributed by atoms with van der Waals surface area (Å²) < 4.78 is 12.4. The summed E-state index contributed by atoms with van der Waals surface area (Å²) in [6, 6.07) is 27.6. The van der Waals surface area contributed by atoms with Crippen LogP contribution in [0.25, 0.3) is 17.0 Å². The Balaban J connectivity index is 0.841. The first-order valence-electron chi connectivity index (χ1n) is 19.6. The van der Waals surface area contributed by atoms with Crippen LogP contribution in [-0.2, 0) is 23.3 Å². The highest BCUT2D eigenvalue weighted by atomic mass is 16.5. The Labute approximate surface area is 326 Å². The van der Waals surface area contributed by atoms with E-state index < -0.39 is 7.05 Å². The number of nitrogens with zero attached hydrogens (tertiary/aromatic N) is 2. The molecule has 0 aliphatic carbocycles. The number of amides is 3. The molecule has 1 spiro atoms. The molecule has 0 unspecified atom stereocenters. The third kappa shape index (κ3) is 6.62. The van der Waals surface area contributed by atoms with Crippen molar-refractivity contribution in [2.45, 2.75) is 50.1 Å². The molecule has 4 aliphatic rings. The maximum atomic E-state index is 13.7. The van der Waals surface area contributed by atoms with E-state index in [9.17, 15) is 14.4 Å². The topological polar surface area (TPSA) is 156 Å². The van der Waals surface area contributed by atoms with Gasteiger partial charge < -0.3 is 40.9 Å². The first-order valence-corrected chi connectivity index (χ1v) is 19.6. The van der Waals surface area contributed by atoms with E-state index in [0.29, 0.717) is 74.4 Å². The molecular weight excluding hydrogens is 703 g/mol. The van der Waals surface area contributed by atoms with E-state index in [0.717, 1.165) is 58.9 Å². The van der Waals surface area contributed by atoms with Crippen LogP contribution in [0.3, 0.4) is 0 Å². The number of carbonyl (C=O) groups is 3. The molecule has 0 radical (unpaired) electrons. The predicted octanol–water partition coefficient (Wildman–Crippen LogP) is 4.59. The van der Waals surface area contributed by atoms with Crippen LogP contribution in [0.15, 0.2) is 91.0 Å². The number of hydrogen-bond acceptors (Lipinski definition) is 7. The standard InChI is InChI=1S/C44H45BN6O5/c46-25-28-3-1-5-32(21-28)30-13-17-50(18-14-30)40(52)12-8-31-4-2-6-39-41(31)42(53)49-45(56-39)34-9-10-36-33(23-34)24-37(48-36)43(54)51-19-15-44(16-20-51)27-55-38-11-7-29(26-47)22-35(38)44/h1-12,21-24,30,48H,13-20,25-27,46-47H2,(H,49,53). The lowest BCUT2D eigenvalue weighted by atomic mass is 9.71. The summed E-state index contributed by atoms with van der Waals surface area (Å²) in [6.07, 6.45) is 6.67. The molecule has 12 heteroatoms. The number of carbonyl (C=O) groups excluding carboxylic acids is 3. The Morgan fingerprint density at radius 2 is 1.64 bits per heavy atom. The van der Waals surface area contributed by atoms with Crippen LogP contribution in [0.2, 0.25) is 0 Å². The molecule has 1 aromatic heterocycles. The fraction of sp³-hybridized carbons (Fsp3) is 0.295. The van der Waals surface area contributed by atoms with Crippen molar-refractivity contribution in [3.05, 3.63) is 130 Å². The average molecular weight is 749 g/mol. The number of ether oxygens (including phenoxy) is 1. The predicted molar refractivity (Wildman–Crippen MR) is 217 cm³/mol. The van der Waals surface area contributed by atoms with Gasteiger partial charge in [0.1, 0.15) is 17.2 Å². The van der Waals surface area contributed by atoms with Crippen LogP contribution in [0.4, 0.5) is 0 Å². The van der Waals surface area contributed by atoms with Gasteiger partial charge in [0.2, 0.25) is 11.8 Å². The van der Waals surface area contributed by atoms with Crippen LogP contribution in [0, 0.1) is 0 Å². The van der Waals surface area contributed by atoms with Crippen LogP contribution in [0.1, 0.15) is 80.3 Å². The summed E-state index contributed by atoms with van der Waals surface area (Å²) in [6.45, 7) is 4.22. The van der Waals surface area contributed by atoms with Crippen LogP contribution >= 0.6 is 0 Å². The molecule has 5 aromatic rings. The number of fused-ring (bicyclic) bond motifs is 4. The second-order valence-electron chi connectivity index (χ2n) is 15.5. The van der Waals surface area contributed by atoms with Crippen LogP contribution in [-0.4, -0.2) is 72.3 Å². The van der Waals surface area contributed by atoms with Crippen molar-refractivity contribution >= 4 is 47.2 Å². The number of rotatable bonds is 7. The molecule has 0 bridgehead atoms. The third-order valence-electron chi connectivity index (χ3n) is 12.2. The maximum absolute atomic E-state index is 13.7. The zero-order chi connectivity index (χ0) is 38.4. The van der Waals surface area contributed by atoms with Gasteiger partial charge in [-0.2, -0.15) is 0 Å². The number of likely N-dealkylation sites (tertiary alicyclic amines) is 2. The minimum absolute atomic E-state index is 0.0410. The van der Waals surface area contributed by atoms with Crippen LogP contribution < -0.4 is 31.5 Å². The van der Waals surface area contributed by atoms with Crippen LogP contribution in [0.5, 0.6) is 11.5 Å². The summed E-state index contributed by atoms with van der Waals surface area (Å²) in [5, 5.41) is 3.84. The summed E-state index contributed by atoms with van der Waals surface area (Å²) in [4.78, 5) is 47.6. The first kappa shape index (κ1) is 35.8. The molecule has 284 valence electrons.